The van der Waals surface area contributed by atoms with Gasteiger partial charge >= 0.3 is 0 Å². The molecule has 2 aromatic heterocycles. The van der Waals surface area contributed by atoms with E-state index in [0.717, 1.165) is 70.8 Å². The summed E-state index contributed by atoms with van der Waals surface area (Å²) in [5, 5.41) is 3.34. The number of pyridine rings is 1. The second-order valence-electron chi connectivity index (χ2n) is 7.87. The Labute approximate surface area is 165 Å². The van der Waals surface area contributed by atoms with Crippen LogP contribution in [0.5, 0.6) is 0 Å². The molecule has 0 spiro atoms. The van der Waals surface area contributed by atoms with E-state index in [1.807, 2.05) is 18.5 Å². The zero-order valence-electron chi connectivity index (χ0n) is 16.3. The Bertz CT molecular complexity index is 796. The molecule has 0 saturated carbocycles. The lowest BCUT2D eigenvalue weighted by Crippen LogP contribution is -2.33. The maximum absolute atomic E-state index is 12.1. The van der Waals surface area contributed by atoms with Crippen molar-refractivity contribution in [1.82, 2.24) is 19.9 Å². The van der Waals surface area contributed by atoms with Crippen molar-refractivity contribution in [3.63, 3.8) is 0 Å². The van der Waals surface area contributed by atoms with E-state index in [-0.39, 0.29) is 5.56 Å². The van der Waals surface area contributed by atoms with Gasteiger partial charge in [0, 0.05) is 50.7 Å². The van der Waals surface area contributed by atoms with Crippen molar-refractivity contribution in [2.75, 3.05) is 38.2 Å². The van der Waals surface area contributed by atoms with Crippen LogP contribution in [0.4, 0.5) is 5.95 Å². The van der Waals surface area contributed by atoms with E-state index in [1.165, 1.54) is 5.56 Å². The average Bonchev–Trinajstić information content (AvgIpc) is 2.74. The molecule has 7 nitrogen and oxygen atoms in total. The maximum atomic E-state index is 12.1. The van der Waals surface area contributed by atoms with E-state index in [4.69, 9.17) is 9.72 Å². The number of likely N-dealkylation sites (tertiary alicyclic amines) is 1. The summed E-state index contributed by atoms with van der Waals surface area (Å²) in [6, 6.07) is 5.77. The first-order chi connectivity index (χ1) is 13.8. The first-order valence-corrected chi connectivity index (χ1v) is 10.3. The number of hydrogen-bond donors (Lipinski definition) is 2. The smallest absolute Gasteiger partial charge is 0.252 e. The van der Waals surface area contributed by atoms with Crippen molar-refractivity contribution in [2.24, 2.45) is 5.92 Å². The summed E-state index contributed by atoms with van der Waals surface area (Å²) in [6.07, 6.45) is 7.91. The lowest BCUT2D eigenvalue weighted by molar-refractivity contribution is 0.0699. The zero-order valence-corrected chi connectivity index (χ0v) is 16.3. The van der Waals surface area contributed by atoms with Crippen molar-refractivity contribution in [2.45, 2.75) is 38.1 Å². The predicted molar refractivity (Wildman–Crippen MR) is 108 cm³/mol. The monoisotopic (exact) mass is 383 g/mol. The van der Waals surface area contributed by atoms with Gasteiger partial charge in [-0.2, -0.15) is 0 Å². The van der Waals surface area contributed by atoms with Gasteiger partial charge in [0.1, 0.15) is 0 Å². The van der Waals surface area contributed by atoms with Gasteiger partial charge in [-0.25, -0.2) is 4.98 Å². The minimum atomic E-state index is -0.0720. The van der Waals surface area contributed by atoms with Crippen LogP contribution < -0.4 is 10.9 Å². The molecule has 150 valence electrons. The highest BCUT2D eigenvalue weighted by Gasteiger charge is 2.23. The lowest BCUT2D eigenvalue weighted by Gasteiger charge is -2.31. The van der Waals surface area contributed by atoms with Crippen LogP contribution in [0.15, 0.2) is 35.4 Å². The lowest BCUT2D eigenvalue weighted by atomic mass is 9.93. The third-order valence-electron chi connectivity index (χ3n) is 5.80. The molecular weight excluding hydrogens is 354 g/mol. The SMILES string of the molecule is O=c1cc(C2CCN(Cc3cccnc3)CC2)nc(NCC2CCOCC2)[nH]1. The fourth-order valence-corrected chi connectivity index (χ4v) is 4.10. The molecule has 2 aliphatic rings. The van der Waals surface area contributed by atoms with Crippen molar-refractivity contribution in [3.05, 3.63) is 52.2 Å². The fourth-order valence-electron chi connectivity index (χ4n) is 4.10. The standard InChI is InChI=1S/C21H29N5O2/c27-20-12-19(24-21(25-20)23-14-16-5-10-28-11-6-16)18-3-8-26(9-4-18)15-17-2-1-7-22-13-17/h1-2,7,12-13,16,18H,3-6,8-11,14-15H2,(H2,23,24,25,27). The van der Waals surface area contributed by atoms with Crippen LogP contribution in [-0.2, 0) is 11.3 Å². The van der Waals surface area contributed by atoms with E-state index in [2.05, 4.69) is 26.3 Å². The van der Waals surface area contributed by atoms with E-state index >= 15 is 0 Å². The highest BCUT2D eigenvalue weighted by atomic mass is 16.5. The van der Waals surface area contributed by atoms with Gasteiger partial charge in [0.2, 0.25) is 5.95 Å². The Morgan fingerprint density at radius 3 is 2.79 bits per heavy atom. The van der Waals surface area contributed by atoms with Crippen LogP contribution in [0.25, 0.3) is 0 Å². The number of hydrogen-bond acceptors (Lipinski definition) is 6. The predicted octanol–water partition coefficient (Wildman–Crippen LogP) is 2.38. The van der Waals surface area contributed by atoms with Crippen molar-refractivity contribution >= 4 is 5.95 Å². The number of aromatic nitrogens is 3. The topological polar surface area (TPSA) is 83.1 Å². The molecule has 28 heavy (non-hydrogen) atoms. The average molecular weight is 383 g/mol. The molecule has 0 radical (unpaired) electrons. The highest BCUT2D eigenvalue weighted by Crippen LogP contribution is 2.27. The van der Waals surface area contributed by atoms with E-state index < -0.39 is 0 Å². The molecule has 2 aliphatic heterocycles. The first-order valence-electron chi connectivity index (χ1n) is 10.3. The van der Waals surface area contributed by atoms with E-state index in [9.17, 15) is 4.79 Å². The Morgan fingerprint density at radius 1 is 1.21 bits per heavy atom. The van der Waals surface area contributed by atoms with Crippen LogP contribution in [0.3, 0.4) is 0 Å². The zero-order chi connectivity index (χ0) is 19.2. The molecule has 2 aromatic rings. The largest absolute Gasteiger partial charge is 0.381 e. The Kier molecular flexibility index (Phi) is 6.34. The van der Waals surface area contributed by atoms with Gasteiger partial charge in [0.15, 0.2) is 0 Å². The van der Waals surface area contributed by atoms with Gasteiger partial charge < -0.3 is 10.1 Å². The number of nitrogens with zero attached hydrogens (tertiary/aromatic N) is 3. The van der Waals surface area contributed by atoms with Crippen LogP contribution in [-0.4, -0.2) is 52.7 Å². The first kappa shape index (κ1) is 19.1. The fraction of sp³-hybridized carbons (Fsp3) is 0.571. The molecule has 4 rings (SSSR count). The Morgan fingerprint density at radius 2 is 2.04 bits per heavy atom. The molecule has 2 fully saturated rings. The molecule has 0 aliphatic carbocycles. The highest BCUT2D eigenvalue weighted by molar-refractivity contribution is 5.27. The number of nitrogens with one attached hydrogen (secondary N) is 2. The molecule has 0 bridgehead atoms. The number of ether oxygens (including phenoxy) is 1. The molecule has 0 unspecified atom stereocenters. The minimum Gasteiger partial charge on any atom is -0.381 e. The van der Waals surface area contributed by atoms with Crippen molar-refractivity contribution in [1.29, 1.82) is 0 Å². The van der Waals surface area contributed by atoms with Gasteiger partial charge in [-0.15, -0.1) is 0 Å². The summed E-state index contributed by atoms with van der Waals surface area (Å²) < 4.78 is 5.41. The van der Waals surface area contributed by atoms with E-state index in [1.54, 1.807) is 6.07 Å². The number of H-pyrrole nitrogens is 1. The summed E-state index contributed by atoms with van der Waals surface area (Å²) in [6.45, 7) is 5.44. The third-order valence-corrected chi connectivity index (χ3v) is 5.80. The Balaban J connectivity index is 1.33. The van der Waals surface area contributed by atoms with Crippen LogP contribution in [0.1, 0.15) is 42.9 Å². The van der Waals surface area contributed by atoms with Crippen LogP contribution in [0.2, 0.25) is 0 Å². The van der Waals surface area contributed by atoms with Gasteiger partial charge in [0.05, 0.1) is 5.69 Å². The van der Waals surface area contributed by atoms with Crippen LogP contribution in [0, 0.1) is 5.92 Å². The molecule has 0 aromatic carbocycles. The van der Waals surface area contributed by atoms with E-state index in [0.29, 0.717) is 17.8 Å². The second kappa shape index (κ2) is 9.30. The number of rotatable bonds is 6. The maximum Gasteiger partial charge on any atom is 0.252 e. The van der Waals surface area contributed by atoms with Crippen molar-refractivity contribution in [3.8, 4) is 0 Å². The molecule has 7 heteroatoms. The molecule has 0 atom stereocenters. The van der Waals surface area contributed by atoms with Crippen molar-refractivity contribution < 1.29 is 4.74 Å². The third kappa shape index (κ3) is 5.17. The normalized spacial score (nSPS) is 19.6. The van der Waals surface area contributed by atoms with Gasteiger partial charge in [0.25, 0.3) is 5.56 Å². The summed E-state index contributed by atoms with van der Waals surface area (Å²) >= 11 is 0. The second-order valence-corrected chi connectivity index (χ2v) is 7.87. The van der Waals surface area contributed by atoms with Gasteiger partial charge in [-0.1, -0.05) is 6.07 Å². The quantitative estimate of drug-likeness (QED) is 0.797. The summed E-state index contributed by atoms with van der Waals surface area (Å²) in [5.74, 6) is 1.53. The van der Waals surface area contributed by atoms with Gasteiger partial charge in [-0.05, 0) is 56.3 Å². The molecular formula is C21H29N5O2. The minimum absolute atomic E-state index is 0.0720. The number of anilines is 1. The molecule has 4 heterocycles. The van der Waals surface area contributed by atoms with Gasteiger partial charge in [-0.3, -0.25) is 19.7 Å². The molecule has 2 saturated heterocycles. The molecule has 0 amide bonds. The molecule has 2 N–H and O–H groups in total. The summed E-state index contributed by atoms with van der Waals surface area (Å²) in [5.41, 5.74) is 2.09. The number of aromatic amines is 1. The van der Waals surface area contributed by atoms with Crippen LogP contribution >= 0.6 is 0 Å². The summed E-state index contributed by atoms with van der Waals surface area (Å²) in [7, 11) is 0. The number of piperidine rings is 1. The summed E-state index contributed by atoms with van der Waals surface area (Å²) in [4.78, 5) is 26.3. The Hall–Kier alpha value is -2.25.